The van der Waals surface area contributed by atoms with Gasteiger partial charge >= 0.3 is 0 Å². The zero-order chi connectivity index (χ0) is 14.8. The van der Waals surface area contributed by atoms with E-state index in [-0.39, 0.29) is 4.90 Å². The van der Waals surface area contributed by atoms with E-state index in [1.54, 1.807) is 12.1 Å². The van der Waals surface area contributed by atoms with Gasteiger partial charge in [0, 0.05) is 33.4 Å². The lowest BCUT2D eigenvalue weighted by Crippen LogP contribution is -2.38. The van der Waals surface area contributed by atoms with E-state index < -0.39 is 10.0 Å². The normalized spacial score (nSPS) is 20.4. The number of piperidine rings is 1. The molecule has 2 heterocycles. The van der Waals surface area contributed by atoms with E-state index in [4.69, 9.17) is 5.73 Å². The Labute approximate surface area is 120 Å². The second kappa shape index (κ2) is 6.07. The highest BCUT2D eigenvalue weighted by atomic mass is 32.2. The fraction of sp³-hybridized carbons (Fsp3) is 0.615. The third-order valence-corrected chi connectivity index (χ3v) is 5.47. The number of hydrogen-bond acceptors (Lipinski definition) is 5. The molecule has 1 aromatic rings. The highest BCUT2D eigenvalue weighted by Gasteiger charge is 2.21. The summed E-state index contributed by atoms with van der Waals surface area (Å²) in [5.41, 5.74) is 5.73. The summed E-state index contributed by atoms with van der Waals surface area (Å²) in [6, 6.07) is 3.39. The molecule has 0 aromatic carbocycles. The largest absolute Gasteiger partial charge is 0.356 e. The van der Waals surface area contributed by atoms with Crippen LogP contribution in [0.25, 0.3) is 0 Å². The van der Waals surface area contributed by atoms with Gasteiger partial charge in [0.25, 0.3) is 0 Å². The molecule has 7 heteroatoms. The van der Waals surface area contributed by atoms with Crippen LogP contribution >= 0.6 is 0 Å². The summed E-state index contributed by atoms with van der Waals surface area (Å²) in [5, 5.41) is 0. The molecule has 1 fully saturated rings. The Hall–Kier alpha value is -1.18. The molecule has 0 saturated carbocycles. The predicted molar refractivity (Wildman–Crippen MR) is 79.1 cm³/mol. The number of anilines is 1. The van der Waals surface area contributed by atoms with Gasteiger partial charge in [-0.1, -0.05) is 0 Å². The number of pyridine rings is 1. The molecule has 2 N–H and O–H groups in total. The van der Waals surface area contributed by atoms with E-state index in [0.29, 0.717) is 12.5 Å². The molecule has 1 aliphatic heterocycles. The van der Waals surface area contributed by atoms with Crippen molar-refractivity contribution in [2.24, 2.45) is 11.7 Å². The molecule has 1 aromatic heterocycles. The summed E-state index contributed by atoms with van der Waals surface area (Å²) in [5.74, 6) is 1.32. The van der Waals surface area contributed by atoms with Crippen molar-refractivity contribution in [3.63, 3.8) is 0 Å². The molecular weight excluding hydrogens is 276 g/mol. The van der Waals surface area contributed by atoms with Crippen molar-refractivity contribution in [1.29, 1.82) is 0 Å². The molecule has 0 spiro atoms. The van der Waals surface area contributed by atoms with Gasteiger partial charge in [-0.3, -0.25) is 0 Å². The Morgan fingerprint density at radius 3 is 2.75 bits per heavy atom. The fourth-order valence-electron chi connectivity index (χ4n) is 2.39. The first-order valence-electron chi connectivity index (χ1n) is 6.78. The summed E-state index contributed by atoms with van der Waals surface area (Å²) in [6.07, 6.45) is 3.68. The topological polar surface area (TPSA) is 79.5 Å². The number of aromatic nitrogens is 1. The third kappa shape index (κ3) is 3.11. The standard InChI is InChI=1S/C13H22N4O2S/c1-16(2)20(18,19)12-5-6-13(15-9-12)17-7-3-4-11(8-14)10-17/h5-6,9,11H,3-4,7-8,10,14H2,1-2H3. The monoisotopic (exact) mass is 298 g/mol. The first-order valence-corrected chi connectivity index (χ1v) is 8.22. The lowest BCUT2D eigenvalue weighted by molar-refractivity contribution is 0.421. The molecule has 6 nitrogen and oxygen atoms in total. The quantitative estimate of drug-likeness (QED) is 0.876. The minimum absolute atomic E-state index is 0.221. The summed E-state index contributed by atoms with van der Waals surface area (Å²) in [7, 11) is -0.380. The van der Waals surface area contributed by atoms with Crippen LogP contribution in [0.3, 0.4) is 0 Å². The Morgan fingerprint density at radius 1 is 1.45 bits per heavy atom. The summed E-state index contributed by atoms with van der Waals surface area (Å²) in [4.78, 5) is 6.69. The van der Waals surface area contributed by atoms with Crippen LogP contribution in [0, 0.1) is 5.92 Å². The highest BCUT2D eigenvalue weighted by Crippen LogP contribution is 2.22. The van der Waals surface area contributed by atoms with Crippen LogP contribution in [-0.4, -0.2) is 51.4 Å². The Morgan fingerprint density at radius 2 is 2.20 bits per heavy atom. The number of sulfonamides is 1. The molecule has 1 saturated heterocycles. The third-order valence-electron chi connectivity index (χ3n) is 3.68. The molecule has 1 atom stereocenters. The zero-order valence-electron chi connectivity index (χ0n) is 12.0. The fourth-order valence-corrected chi connectivity index (χ4v) is 3.24. The number of nitrogens with two attached hydrogens (primary N) is 1. The Kier molecular flexibility index (Phi) is 4.62. The molecule has 1 aliphatic rings. The van der Waals surface area contributed by atoms with Crippen molar-refractivity contribution >= 4 is 15.8 Å². The predicted octanol–water partition coefficient (Wildman–Crippen LogP) is 0.507. The Bertz CT molecular complexity index is 542. The lowest BCUT2D eigenvalue weighted by Gasteiger charge is -2.33. The van der Waals surface area contributed by atoms with Crippen molar-refractivity contribution in [1.82, 2.24) is 9.29 Å². The molecule has 1 unspecified atom stereocenters. The van der Waals surface area contributed by atoms with Gasteiger partial charge in [-0.2, -0.15) is 0 Å². The van der Waals surface area contributed by atoms with E-state index in [0.717, 1.165) is 31.7 Å². The second-order valence-corrected chi connectivity index (χ2v) is 7.48. The van der Waals surface area contributed by atoms with Crippen molar-refractivity contribution in [2.75, 3.05) is 38.6 Å². The summed E-state index contributed by atoms with van der Waals surface area (Å²) in [6.45, 7) is 2.52. The van der Waals surface area contributed by atoms with Gasteiger partial charge < -0.3 is 10.6 Å². The van der Waals surface area contributed by atoms with Crippen molar-refractivity contribution in [2.45, 2.75) is 17.7 Å². The van der Waals surface area contributed by atoms with Crippen LogP contribution in [0.5, 0.6) is 0 Å². The van der Waals surface area contributed by atoms with Crippen molar-refractivity contribution in [3.8, 4) is 0 Å². The second-order valence-electron chi connectivity index (χ2n) is 5.33. The Balaban J connectivity index is 2.16. The first-order chi connectivity index (χ1) is 9.45. The highest BCUT2D eigenvalue weighted by molar-refractivity contribution is 7.89. The molecule has 112 valence electrons. The molecular formula is C13H22N4O2S. The average molecular weight is 298 g/mol. The van der Waals surface area contributed by atoms with Crippen LogP contribution in [0.2, 0.25) is 0 Å². The summed E-state index contributed by atoms with van der Waals surface area (Å²) >= 11 is 0. The van der Waals surface area contributed by atoms with E-state index in [2.05, 4.69) is 9.88 Å². The number of hydrogen-bond donors (Lipinski definition) is 1. The van der Waals surface area contributed by atoms with Gasteiger partial charge in [0.15, 0.2) is 0 Å². The minimum Gasteiger partial charge on any atom is -0.356 e. The first kappa shape index (κ1) is 15.2. The van der Waals surface area contributed by atoms with E-state index in [9.17, 15) is 8.42 Å². The summed E-state index contributed by atoms with van der Waals surface area (Å²) < 4.78 is 25.1. The number of rotatable bonds is 4. The lowest BCUT2D eigenvalue weighted by atomic mass is 9.98. The van der Waals surface area contributed by atoms with Gasteiger partial charge in [-0.15, -0.1) is 0 Å². The van der Waals surface area contributed by atoms with Gasteiger partial charge in [0.1, 0.15) is 10.7 Å². The van der Waals surface area contributed by atoms with Gasteiger partial charge in [-0.05, 0) is 37.4 Å². The maximum atomic E-state index is 12.0. The molecule has 20 heavy (non-hydrogen) atoms. The minimum atomic E-state index is -3.41. The van der Waals surface area contributed by atoms with Crippen molar-refractivity contribution < 1.29 is 8.42 Å². The molecule has 2 rings (SSSR count). The van der Waals surface area contributed by atoms with Gasteiger partial charge in [-0.25, -0.2) is 17.7 Å². The van der Waals surface area contributed by atoms with Crippen LogP contribution in [0.4, 0.5) is 5.82 Å². The molecule has 0 radical (unpaired) electrons. The average Bonchev–Trinajstić information content (AvgIpc) is 2.47. The van der Waals surface area contributed by atoms with E-state index >= 15 is 0 Å². The molecule has 0 aliphatic carbocycles. The van der Waals surface area contributed by atoms with E-state index in [1.807, 2.05) is 0 Å². The molecule has 0 bridgehead atoms. The number of nitrogens with zero attached hydrogens (tertiary/aromatic N) is 3. The van der Waals surface area contributed by atoms with Crippen LogP contribution in [0.15, 0.2) is 23.2 Å². The SMILES string of the molecule is CN(C)S(=O)(=O)c1ccc(N2CCCC(CN)C2)nc1. The molecule has 0 amide bonds. The zero-order valence-corrected chi connectivity index (χ0v) is 12.8. The van der Waals surface area contributed by atoms with Crippen LogP contribution < -0.4 is 10.6 Å². The van der Waals surface area contributed by atoms with Crippen molar-refractivity contribution in [3.05, 3.63) is 18.3 Å². The maximum absolute atomic E-state index is 12.0. The van der Waals surface area contributed by atoms with E-state index in [1.165, 1.54) is 24.6 Å². The van der Waals surface area contributed by atoms with Crippen LogP contribution in [-0.2, 0) is 10.0 Å². The maximum Gasteiger partial charge on any atom is 0.244 e. The smallest absolute Gasteiger partial charge is 0.244 e. The van der Waals surface area contributed by atoms with Crippen LogP contribution in [0.1, 0.15) is 12.8 Å². The van der Waals surface area contributed by atoms with Gasteiger partial charge in [0.05, 0.1) is 0 Å². The van der Waals surface area contributed by atoms with Gasteiger partial charge in [0.2, 0.25) is 10.0 Å².